The molecule has 1 rings (SSSR count). The van der Waals surface area contributed by atoms with Crippen LogP contribution in [0.25, 0.3) is 0 Å². The van der Waals surface area contributed by atoms with Gasteiger partial charge in [-0.05, 0) is 63.1 Å². The lowest BCUT2D eigenvalue weighted by molar-refractivity contribution is -0.164. The molecule has 0 saturated heterocycles. The predicted octanol–water partition coefficient (Wildman–Crippen LogP) is 5.59. The van der Waals surface area contributed by atoms with Gasteiger partial charge in [0.05, 0.1) is 18.6 Å². The van der Waals surface area contributed by atoms with Crippen molar-refractivity contribution in [3.63, 3.8) is 0 Å². The fourth-order valence-corrected chi connectivity index (χ4v) is 2.93. The lowest BCUT2D eigenvalue weighted by atomic mass is 9.91. The fraction of sp³-hybridized carbons (Fsp3) is 0.667. The first-order chi connectivity index (χ1) is 19.2. The van der Waals surface area contributed by atoms with Crippen molar-refractivity contribution in [3.8, 4) is 11.5 Å². The molecule has 11 nitrogen and oxygen atoms in total. The molecule has 0 spiro atoms. The Balaban J connectivity index is 2.91. The van der Waals surface area contributed by atoms with Crippen molar-refractivity contribution in [1.82, 2.24) is 0 Å². The molecule has 2 N–H and O–H groups in total. The van der Waals surface area contributed by atoms with Crippen LogP contribution in [0.3, 0.4) is 0 Å². The van der Waals surface area contributed by atoms with Crippen molar-refractivity contribution in [3.05, 3.63) is 23.8 Å². The maximum atomic E-state index is 12.6. The van der Waals surface area contributed by atoms with Crippen molar-refractivity contribution >= 4 is 24.2 Å². The third kappa shape index (κ3) is 13.2. The van der Waals surface area contributed by atoms with Gasteiger partial charge in [0.1, 0.15) is 18.8 Å². The highest BCUT2D eigenvalue weighted by atomic mass is 16.7. The SMILES string of the molecule is CCC(C)COC(=O)Oc1ccc(C[C@H](N)C(=O)O[C@@H](C)COC(=O)C(C)(C)CC)cc1OC(=O)OCC(C)CC. The molecule has 0 aliphatic rings. The van der Waals surface area contributed by atoms with Gasteiger partial charge < -0.3 is 34.2 Å². The van der Waals surface area contributed by atoms with Gasteiger partial charge in [0.2, 0.25) is 0 Å². The van der Waals surface area contributed by atoms with Crippen molar-refractivity contribution < 1.29 is 47.6 Å². The molecule has 4 atom stereocenters. The van der Waals surface area contributed by atoms with Crippen LogP contribution in [0.1, 0.15) is 80.2 Å². The lowest BCUT2D eigenvalue weighted by Gasteiger charge is -2.22. The number of carbonyl (C=O) groups is 4. The Hall–Kier alpha value is -3.34. The standard InChI is InChI=1S/C30H47NO10/c1-9-19(4)16-37-28(34)40-24-13-12-22(15-25(24)41-29(35)38-17-20(5)10-2)14-23(31)26(32)39-21(6)18-36-27(33)30(7,8)11-3/h12-13,15,19-21,23H,9-11,14,16-18,31H2,1-8H3/t19?,20?,21-,23-/m0/s1. The summed E-state index contributed by atoms with van der Waals surface area (Å²) in [7, 11) is 0. The average Bonchev–Trinajstić information content (AvgIpc) is 2.94. The van der Waals surface area contributed by atoms with Crippen molar-refractivity contribution in [2.75, 3.05) is 19.8 Å². The van der Waals surface area contributed by atoms with Crippen LogP contribution in [0, 0.1) is 17.3 Å². The van der Waals surface area contributed by atoms with E-state index in [2.05, 4.69) is 0 Å². The molecule has 0 aromatic heterocycles. The molecular weight excluding hydrogens is 534 g/mol. The van der Waals surface area contributed by atoms with E-state index >= 15 is 0 Å². The largest absolute Gasteiger partial charge is 0.513 e. The maximum Gasteiger partial charge on any atom is 0.513 e. The molecule has 11 heteroatoms. The molecule has 0 amide bonds. The quantitative estimate of drug-likeness (QED) is 0.148. The predicted molar refractivity (Wildman–Crippen MR) is 152 cm³/mol. The topological polar surface area (TPSA) is 150 Å². The van der Waals surface area contributed by atoms with E-state index in [9.17, 15) is 19.2 Å². The van der Waals surface area contributed by atoms with Crippen LogP contribution in [0.4, 0.5) is 9.59 Å². The van der Waals surface area contributed by atoms with E-state index in [0.717, 1.165) is 12.8 Å². The molecule has 0 aliphatic carbocycles. The molecule has 41 heavy (non-hydrogen) atoms. The molecule has 0 aliphatic heterocycles. The van der Waals surface area contributed by atoms with Crippen LogP contribution in [-0.2, 0) is 35.0 Å². The van der Waals surface area contributed by atoms with Crippen molar-refractivity contribution in [2.24, 2.45) is 23.0 Å². The smallest absolute Gasteiger partial charge is 0.461 e. The second-order valence-corrected chi connectivity index (χ2v) is 11.0. The first-order valence-corrected chi connectivity index (χ1v) is 14.2. The number of hydrogen-bond donors (Lipinski definition) is 1. The number of rotatable bonds is 16. The highest BCUT2D eigenvalue weighted by molar-refractivity contribution is 5.77. The molecule has 0 radical (unpaired) electrons. The number of ether oxygens (including phenoxy) is 6. The zero-order valence-electron chi connectivity index (χ0n) is 25.7. The van der Waals surface area contributed by atoms with Gasteiger partial charge in [0, 0.05) is 0 Å². The minimum absolute atomic E-state index is 0.0191. The number of benzene rings is 1. The molecule has 0 fully saturated rings. The van der Waals surface area contributed by atoms with E-state index in [1.165, 1.54) is 12.1 Å². The Morgan fingerprint density at radius 3 is 1.85 bits per heavy atom. The van der Waals surface area contributed by atoms with Gasteiger partial charge in [-0.1, -0.05) is 53.5 Å². The summed E-state index contributed by atoms with van der Waals surface area (Å²) in [4.78, 5) is 49.3. The van der Waals surface area contributed by atoms with Crippen molar-refractivity contribution in [2.45, 2.75) is 93.2 Å². The van der Waals surface area contributed by atoms with E-state index in [-0.39, 0.29) is 55.5 Å². The van der Waals surface area contributed by atoms with Gasteiger partial charge in [-0.15, -0.1) is 0 Å². The summed E-state index contributed by atoms with van der Waals surface area (Å²) in [5, 5.41) is 0. The number of carbonyl (C=O) groups excluding carboxylic acids is 4. The molecular formula is C30H47NO10. The minimum atomic E-state index is -1.07. The first kappa shape index (κ1) is 35.7. The van der Waals surface area contributed by atoms with E-state index < -0.39 is 35.8 Å². The van der Waals surface area contributed by atoms with Crippen LogP contribution in [0.5, 0.6) is 11.5 Å². The van der Waals surface area contributed by atoms with E-state index in [0.29, 0.717) is 12.0 Å². The number of esters is 2. The highest BCUT2D eigenvalue weighted by Gasteiger charge is 2.28. The monoisotopic (exact) mass is 581 g/mol. The Morgan fingerprint density at radius 1 is 0.805 bits per heavy atom. The van der Waals surface area contributed by atoms with Gasteiger partial charge in [-0.2, -0.15) is 0 Å². The third-order valence-corrected chi connectivity index (χ3v) is 6.72. The van der Waals surface area contributed by atoms with Gasteiger partial charge in [0.15, 0.2) is 11.5 Å². The summed E-state index contributed by atoms with van der Waals surface area (Å²) in [6, 6.07) is 3.33. The Labute approximate surface area is 243 Å². The summed E-state index contributed by atoms with van der Waals surface area (Å²) < 4.78 is 31.5. The van der Waals surface area contributed by atoms with Gasteiger partial charge >= 0.3 is 24.2 Å². The van der Waals surface area contributed by atoms with Crippen LogP contribution in [-0.4, -0.2) is 56.2 Å². The molecule has 232 valence electrons. The summed E-state index contributed by atoms with van der Waals surface area (Å²) in [6.45, 7) is 15.0. The van der Waals surface area contributed by atoms with Crippen molar-refractivity contribution in [1.29, 1.82) is 0 Å². The van der Waals surface area contributed by atoms with Gasteiger partial charge in [-0.3, -0.25) is 9.59 Å². The molecule has 1 aromatic carbocycles. The summed E-state index contributed by atoms with van der Waals surface area (Å²) in [5.74, 6) is -0.966. The summed E-state index contributed by atoms with van der Waals surface area (Å²) in [5.41, 5.74) is 5.94. The van der Waals surface area contributed by atoms with Gasteiger partial charge in [-0.25, -0.2) is 9.59 Å². The molecule has 1 aromatic rings. The first-order valence-electron chi connectivity index (χ1n) is 14.2. The average molecular weight is 582 g/mol. The summed E-state index contributed by atoms with van der Waals surface area (Å²) >= 11 is 0. The third-order valence-electron chi connectivity index (χ3n) is 6.72. The Kier molecular flexibility index (Phi) is 15.2. The maximum absolute atomic E-state index is 12.6. The highest BCUT2D eigenvalue weighted by Crippen LogP contribution is 2.30. The molecule has 0 saturated carbocycles. The Morgan fingerprint density at radius 2 is 1.34 bits per heavy atom. The molecule has 2 unspecified atom stereocenters. The number of hydrogen-bond acceptors (Lipinski definition) is 11. The summed E-state index contributed by atoms with van der Waals surface area (Å²) in [6.07, 6.45) is -0.374. The zero-order valence-corrected chi connectivity index (χ0v) is 25.7. The minimum Gasteiger partial charge on any atom is -0.461 e. The molecule has 0 bridgehead atoms. The lowest BCUT2D eigenvalue weighted by Crippen LogP contribution is -2.38. The second-order valence-electron chi connectivity index (χ2n) is 11.0. The van der Waals surface area contributed by atoms with E-state index in [4.69, 9.17) is 34.2 Å². The van der Waals surface area contributed by atoms with E-state index in [1.54, 1.807) is 26.8 Å². The van der Waals surface area contributed by atoms with Gasteiger partial charge in [0.25, 0.3) is 0 Å². The normalized spacial score (nSPS) is 14.2. The number of nitrogens with two attached hydrogens (primary N) is 1. The van der Waals surface area contributed by atoms with Crippen LogP contribution < -0.4 is 15.2 Å². The van der Waals surface area contributed by atoms with Crippen LogP contribution >= 0.6 is 0 Å². The second kappa shape index (κ2) is 17.5. The Bertz CT molecular complexity index is 1010. The van der Waals surface area contributed by atoms with Crippen LogP contribution in [0.15, 0.2) is 18.2 Å². The fourth-order valence-electron chi connectivity index (χ4n) is 2.93. The van der Waals surface area contributed by atoms with E-state index in [1.807, 2.05) is 34.6 Å². The zero-order chi connectivity index (χ0) is 31.2. The molecule has 0 heterocycles. The van der Waals surface area contributed by atoms with Crippen LogP contribution in [0.2, 0.25) is 0 Å².